The smallest absolute Gasteiger partial charge is 0.326 e. The molecule has 0 saturated carbocycles. The highest BCUT2D eigenvalue weighted by Gasteiger charge is 2.22. The summed E-state index contributed by atoms with van der Waals surface area (Å²) < 4.78 is 7.93. The summed E-state index contributed by atoms with van der Waals surface area (Å²) in [5.41, 5.74) is 4.69. The van der Waals surface area contributed by atoms with Crippen LogP contribution >= 0.6 is 11.8 Å². The Morgan fingerprint density at radius 1 is 1.14 bits per heavy atom. The number of benzene rings is 2. The Balaban J connectivity index is 1.45. The Labute approximate surface area is 250 Å². The van der Waals surface area contributed by atoms with E-state index < -0.39 is 17.9 Å². The maximum Gasteiger partial charge on any atom is 0.326 e. The molecule has 0 radical (unpaired) electrons. The largest absolute Gasteiger partial charge is 0.480 e. The number of hydrogen-bond acceptors (Lipinski definition) is 7. The molecule has 0 saturated heterocycles. The van der Waals surface area contributed by atoms with Gasteiger partial charge in [0.05, 0.1) is 30.2 Å². The maximum atomic E-state index is 12.6. The number of unbranched alkanes of at least 4 members (excludes halogenated alkanes) is 1. The first-order valence-electron chi connectivity index (χ1n) is 13.9. The molecule has 10 heteroatoms. The van der Waals surface area contributed by atoms with Crippen molar-refractivity contribution in [3.05, 3.63) is 95.8 Å². The molecular weight excluding hydrogens is 550 g/mol. The van der Waals surface area contributed by atoms with E-state index in [1.807, 2.05) is 67.3 Å². The molecular formula is C32H35N5O4S. The van der Waals surface area contributed by atoms with Crippen molar-refractivity contribution in [1.29, 1.82) is 5.26 Å². The highest BCUT2D eigenvalue weighted by atomic mass is 32.2. The Hall–Kier alpha value is -4.49. The van der Waals surface area contributed by atoms with Crippen LogP contribution in [0.25, 0.3) is 11.3 Å². The van der Waals surface area contributed by atoms with Crippen molar-refractivity contribution in [2.75, 3.05) is 23.5 Å². The number of imidazole rings is 1. The summed E-state index contributed by atoms with van der Waals surface area (Å²) in [5.74, 6) is -0.380. The van der Waals surface area contributed by atoms with Gasteiger partial charge in [0.25, 0.3) is 5.91 Å². The number of nitrogens with zero attached hydrogens (tertiary/aromatic N) is 4. The molecule has 4 rings (SSSR count). The summed E-state index contributed by atoms with van der Waals surface area (Å²) in [6, 6.07) is 20.1. The first kappa shape index (κ1) is 30.5. The molecule has 0 unspecified atom stereocenters. The van der Waals surface area contributed by atoms with Crippen LogP contribution in [0.15, 0.2) is 77.6 Å². The number of rotatable bonds is 15. The van der Waals surface area contributed by atoms with Crippen LogP contribution in [0.2, 0.25) is 0 Å². The first-order valence-corrected chi connectivity index (χ1v) is 15.3. The second-order valence-electron chi connectivity index (χ2n) is 9.95. The number of amides is 1. The van der Waals surface area contributed by atoms with Crippen LogP contribution in [-0.4, -0.2) is 51.1 Å². The molecule has 1 amide bonds. The summed E-state index contributed by atoms with van der Waals surface area (Å²) in [6.07, 6.45) is 8.06. The molecule has 42 heavy (non-hydrogen) atoms. The fourth-order valence-corrected chi connectivity index (χ4v) is 4.99. The topological polar surface area (TPSA) is 124 Å². The van der Waals surface area contributed by atoms with Gasteiger partial charge in [0.1, 0.15) is 11.8 Å². The number of aliphatic carboxylic acids is 1. The van der Waals surface area contributed by atoms with Crippen LogP contribution in [-0.2, 0) is 17.9 Å². The number of thioether (sulfide) groups is 1. The lowest BCUT2D eigenvalue weighted by Gasteiger charge is -2.25. The number of anilines is 1. The van der Waals surface area contributed by atoms with Crippen LogP contribution in [0.5, 0.6) is 0 Å². The van der Waals surface area contributed by atoms with E-state index in [2.05, 4.69) is 32.8 Å². The third-order valence-electron chi connectivity index (χ3n) is 6.93. The van der Waals surface area contributed by atoms with Gasteiger partial charge in [0.2, 0.25) is 0 Å². The minimum atomic E-state index is -1.07. The molecule has 2 aromatic carbocycles. The van der Waals surface area contributed by atoms with Crippen LogP contribution in [0.3, 0.4) is 0 Å². The molecule has 0 bridgehead atoms. The van der Waals surface area contributed by atoms with Gasteiger partial charge in [0.15, 0.2) is 5.76 Å². The molecule has 218 valence electrons. The third kappa shape index (κ3) is 8.04. The van der Waals surface area contributed by atoms with Crippen LogP contribution in [0.1, 0.15) is 53.6 Å². The summed E-state index contributed by atoms with van der Waals surface area (Å²) in [6.45, 7) is 4.40. The predicted octanol–water partition coefficient (Wildman–Crippen LogP) is 5.81. The Bertz CT molecular complexity index is 1500. The van der Waals surface area contributed by atoms with Gasteiger partial charge in [0, 0.05) is 30.5 Å². The Morgan fingerprint density at radius 2 is 1.90 bits per heavy atom. The Morgan fingerprint density at radius 3 is 2.57 bits per heavy atom. The summed E-state index contributed by atoms with van der Waals surface area (Å²) in [5, 5.41) is 21.0. The van der Waals surface area contributed by atoms with E-state index in [0.29, 0.717) is 36.6 Å². The highest BCUT2D eigenvalue weighted by molar-refractivity contribution is 7.98. The average Bonchev–Trinajstić information content (AvgIpc) is 3.68. The zero-order valence-corrected chi connectivity index (χ0v) is 24.6. The van der Waals surface area contributed by atoms with Crippen molar-refractivity contribution >= 4 is 29.3 Å². The zero-order valence-electron chi connectivity index (χ0n) is 23.8. The number of aromatic nitrogens is 2. The van der Waals surface area contributed by atoms with Crippen LogP contribution in [0.4, 0.5) is 5.69 Å². The minimum Gasteiger partial charge on any atom is -0.480 e. The lowest BCUT2D eigenvalue weighted by atomic mass is 10.1. The quantitative estimate of drug-likeness (QED) is 0.179. The molecule has 0 aliphatic heterocycles. The van der Waals surface area contributed by atoms with E-state index in [9.17, 15) is 14.7 Å². The van der Waals surface area contributed by atoms with Gasteiger partial charge in [-0.1, -0.05) is 25.5 Å². The van der Waals surface area contributed by atoms with Crippen molar-refractivity contribution < 1.29 is 19.1 Å². The molecule has 1 atom stereocenters. The van der Waals surface area contributed by atoms with Gasteiger partial charge >= 0.3 is 5.97 Å². The van der Waals surface area contributed by atoms with Crippen LogP contribution < -0.4 is 10.2 Å². The van der Waals surface area contributed by atoms with Crippen molar-refractivity contribution in [3.63, 3.8) is 0 Å². The van der Waals surface area contributed by atoms with Crippen molar-refractivity contribution in [1.82, 2.24) is 14.9 Å². The summed E-state index contributed by atoms with van der Waals surface area (Å²) in [4.78, 5) is 30.9. The molecule has 9 nitrogen and oxygen atoms in total. The Kier molecular flexibility index (Phi) is 10.8. The number of nitrogens with one attached hydrogen (secondary N) is 1. The molecule has 0 fully saturated rings. The molecule has 0 aliphatic carbocycles. The molecule has 0 aliphatic rings. The second-order valence-corrected chi connectivity index (χ2v) is 10.9. The van der Waals surface area contributed by atoms with E-state index in [-0.39, 0.29) is 5.76 Å². The number of nitriles is 1. The average molecular weight is 586 g/mol. The maximum absolute atomic E-state index is 12.6. The first-order chi connectivity index (χ1) is 20.4. The van der Waals surface area contributed by atoms with Gasteiger partial charge in [-0.05, 0) is 78.9 Å². The van der Waals surface area contributed by atoms with Gasteiger partial charge < -0.3 is 24.3 Å². The molecule has 0 spiro atoms. The monoisotopic (exact) mass is 585 g/mol. The number of carbonyl (C=O) groups excluding carboxylic acids is 1. The number of carboxylic acids is 1. The van der Waals surface area contributed by atoms with Crippen molar-refractivity contribution in [2.45, 2.75) is 45.3 Å². The van der Waals surface area contributed by atoms with E-state index in [1.54, 1.807) is 12.1 Å². The van der Waals surface area contributed by atoms with E-state index in [1.165, 1.54) is 11.8 Å². The number of carbonyl (C=O) groups is 2. The van der Waals surface area contributed by atoms with Gasteiger partial charge in [-0.3, -0.25) is 4.79 Å². The highest BCUT2D eigenvalue weighted by Crippen LogP contribution is 2.26. The van der Waals surface area contributed by atoms with Crippen molar-refractivity contribution in [3.8, 4) is 17.4 Å². The van der Waals surface area contributed by atoms with Crippen LogP contribution in [0, 0.1) is 11.3 Å². The van der Waals surface area contributed by atoms with Gasteiger partial charge in [-0.2, -0.15) is 17.0 Å². The minimum absolute atomic E-state index is 0.0737. The summed E-state index contributed by atoms with van der Waals surface area (Å²) in [7, 11) is 0. The SMILES string of the molecule is CCCCN(Cc1cncn1Cc1ccc(C#N)cc1)c1ccc(-c2ccc(C(=O)N[C@@H](CCSC)C(=O)O)o2)cc1. The normalized spacial score (nSPS) is 11.5. The third-order valence-corrected chi connectivity index (χ3v) is 7.57. The molecule has 4 aromatic rings. The summed E-state index contributed by atoms with van der Waals surface area (Å²) >= 11 is 1.53. The molecule has 2 heterocycles. The fourth-order valence-electron chi connectivity index (χ4n) is 4.52. The second kappa shape index (κ2) is 14.9. The van der Waals surface area contributed by atoms with Gasteiger partial charge in [-0.15, -0.1) is 0 Å². The zero-order chi connectivity index (χ0) is 29.9. The lowest BCUT2D eigenvalue weighted by Crippen LogP contribution is -2.41. The van der Waals surface area contributed by atoms with E-state index in [4.69, 9.17) is 9.68 Å². The number of hydrogen-bond donors (Lipinski definition) is 2. The fraction of sp³-hybridized carbons (Fsp3) is 0.312. The molecule has 2 aromatic heterocycles. The molecule has 2 N–H and O–H groups in total. The van der Waals surface area contributed by atoms with Gasteiger partial charge in [-0.25, -0.2) is 9.78 Å². The van der Waals surface area contributed by atoms with E-state index in [0.717, 1.165) is 41.9 Å². The number of carboxylic acid groups (broad SMARTS) is 1. The van der Waals surface area contributed by atoms with Crippen molar-refractivity contribution in [2.24, 2.45) is 0 Å². The number of furan rings is 1. The standard InChI is InChI=1S/C32H35N5O4S/c1-3-4-16-36(21-27-19-34-22-37(27)20-24-7-5-23(18-33)6-8-24)26-11-9-25(10-12-26)29-13-14-30(41-29)31(38)35-28(32(39)40)15-17-42-2/h5-14,19,22,28H,3-4,15-17,20-21H2,1-2H3,(H,35,38)(H,39,40)/t28-/m0/s1. The lowest BCUT2D eigenvalue weighted by molar-refractivity contribution is -0.139. The predicted molar refractivity (Wildman–Crippen MR) is 164 cm³/mol. The van der Waals surface area contributed by atoms with E-state index >= 15 is 0 Å².